The molecule has 0 saturated heterocycles. The number of aromatic nitrogens is 1. The molecule has 0 aromatic carbocycles. The standard InChI is InChI=1S/C14H23N3O/c1-3-4-5-6-7-8-13(18)17-14-11(2)9-12(15)10-16-14/h9-10H,3-8,15H2,1-2H3,(H,16,17,18). The van der Waals surface area contributed by atoms with Crippen LogP contribution in [0.2, 0.25) is 0 Å². The summed E-state index contributed by atoms with van der Waals surface area (Å²) in [5.74, 6) is 0.648. The third-order valence-corrected chi connectivity index (χ3v) is 2.86. The van der Waals surface area contributed by atoms with Gasteiger partial charge in [-0.15, -0.1) is 0 Å². The Morgan fingerprint density at radius 2 is 2.06 bits per heavy atom. The molecule has 0 spiro atoms. The lowest BCUT2D eigenvalue weighted by Crippen LogP contribution is -2.13. The molecular weight excluding hydrogens is 226 g/mol. The van der Waals surface area contributed by atoms with E-state index in [9.17, 15) is 4.79 Å². The van der Waals surface area contributed by atoms with Crippen LogP contribution in [0.5, 0.6) is 0 Å². The van der Waals surface area contributed by atoms with Gasteiger partial charge in [0.05, 0.1) is 11.9 Å². The number of carbonyl (C=O) groups is 1. The van der Waals surface area contributed by atoms with Crippen LogP contribution in [0.15, 0.2) is 12.3 Å². The zero-order valence-corrected chi connectivity index (χ0v) is 11.3. The van der Waals surface area contributed by atoms with E-state index in [1.807, 2.05) is 13.0 Å². The van der Waals surface area contributed by atoms with Gasteiger partial charge in [-0.3, -0.25) is 4.79 Å². The number of unbranched alkanes of at least 4 members (excludes halogenated alkanes) is 4. The molecule has 18 heavy (non-hydrogen) atoms. The first kappa shape index (κ1) is 14.5. The molecule has 3 N–H and O–H groups in total. The minimum atomic E-state index is 0.0341. The fourth-order valence-electron chi connectivity index (χ4n) is 1.81. The topological polar surface area (TPSA) is 68.0 Å². The Morgan fingerprint density at radius 1 is 1.33 bits per heavy atom. The lowest BCUT2D eigenvalue weighted by Gasteiger charge is -2.07. The molecule has 0 unspecified atom stereocenters. The summed E-state index contributed by atoms with van der Waals surface area (Å²) >= 11 is 0. The number of nitrogens with two attached hydrogens (primary N) is 1. The van der Waals surface area contributed by atoms with Crippen molar-refractivity contribution in [1.82, 2.24) is 4.98 Å². The predicted octanol–water partition coefficient (Wildman–Crippen LogP) is 3.27. The van der Waals surface area contributed by atoms with Crippen LogP contribution >= 0.6 is 0 Å². The fourth-order valence-corrected chi connectivity index (χ4v) is 1.81. The van der Waals surface area contributed by atoms with Crippen LogP contribution in [0.25, 0.3) is 0 Å². The highest BCUT2D eigenvalue weighted by atomic mass is 16.1. The Kier molecular flexibility index (Phi) is 6.19. The van der Waals surface area contributed by atoms with Gasteiger partial charge in [-0.25, -0.2) is 4.98 Å². The van der Waals surface area contributed by atoms with E-state index in [0.29, 0.717) is 17.9 Å². The van der Waals surface area contributed by atoms with Crippen LogP contribution in [0.4, 0.5) is 11.5 Å². The third kappa shape index (κ3) is 5.17. The van der Waals surface area contributed by atoms with E-state index >= 15 is 0 Å². The van der Waals surface area contributed by atoms with Gasteiger partial charge in [0, 0.05) is 6.42 Å². The Labute approximate surface area is 109 Å². The molecular formula is C14H23N3O. The molecule has 4 nitrogen and oxygen atoms in total. The summed E-state index contributed by atoms with van der Waals surface area (Å²) in [4.78, 5) is 15.8. The molecule has 0 radical (unpaired) electrons. The number of amides is 1. The highest BCUT2D eigenvalue weighted by Crippen LogP contribution is 2.14. The molecule has 1 heterocycles. The number of pyridine rings is 1. The smallest absolute Gasteiger partial charge is 0.225 e. The molecule has 0 aliphatic heterocycles. The zero-order valence-electron chi connectivity index (χ0n) is 11.3. The lowest BCUT2D eigenvalue weighted by molar-refractivity contribution is -0.116. The molecule has 0 atom stereocenters. The molecule has 0 aliphatic rings. The number of nitrogens with zero attached hydrogens (tertiary/aromatic N) is 1. The van der Waals surface area contributed by atoms with E-state index < -0.39 is 0 Å². The van der Waals surface area contributed by atoms with E-state index in [1.54, 1.807) is 6.20 Å². The van der Waals surface area contributed by atoms with Gasteiger partial charge in [-0.1, -0.05) is 32.6 Å². The zero-order chi connectivity index (χ0) is 13.4. The number of aryl methyl sites for hydroxylation is 1. The molecule has 0 bridgehead atoms. The summed E-state index contributed by atoms with van der Waals surface area (Å²) in [5.41, 5.74) is 7.12. The first-order valence-electron chi connectivity index (χ1n) is 6.65. The van der Waals surface area contributed by atoms with Crippen LogP contribution in [0, 0.1) is 6.92 Å². The highest BCUT2D eigenvalue weighted by Gasteiger charge is 2.05. The summed E-state index contributed by atoms with van der Waals surface area (Å²) < 4.78 is 0. The quantitative estimate of drug-likeness (QED) is 0.729. The van der Waals surface area contributed by atoms with Gasteiger partial charge < -0.3 is 11.1 Å². The number of carbonyl (C=O) groups excluding carboxylic acids is 1. The average Bonchev–Trinajstić information content (AvgIpc) is 2.32. The van der Waals surface area contributed by atoms with Gasteiger partial charge in [0.1, 0.15) is 5.82 Å². The van der Waals surface area contributed by atoms with Gasteiger partial charge in [0.25, 0.3) is 0 Å². The Bertz CT molecular complexity index is 391. The van der Waals surface area contributed by atoms with Crippen LogP contribution in [-0.4, -0.2) is 10.9 Å². The van der Waals surface area contributed by atoms with Crippen molar-refractivity contribution in [3.05, 3.63) is 17.8 Å². The Balaban J connectivity index is 2.31. The van der Waals surface area contributed by atoms with Crippen LogP contribution in [0.1, 0.15) is 51.0 Å². The van der Waals surface area contributed by atoms with Crippen molar-refractivity contribution >= 4 is 17.4 Å². The van der Waals surface area contributed by atoms with E-state index in [2.05, 4.69) is 17.2 Å². The number of rotatable bonds is 7. The molecule has 1 aromatic rings. The first-order valence-corrected chi connectivity index (χ1v) is 6.65. The monoisotopic (exact) mass is 249 g/mol. The molecule has 0 fully saturated rings. The molecule has 1 amide bonds. The van der Waals surface area contributed by atoms with Crippen molar-refractivity contribution in [2.24, 2.45) is 0 Å². The molecule has 0 saturated carbocycles. The number of hydrogen-bond acceptors (Lipinski definition) is 3. The van der Waals surface area contributed by atoms with Gasteiger partial charge >= 0.3 is 0 Å². The maximum absolute atomic E-state index is 11.7. The van der Waals surface area contributed by atoms with E-state index in [1.165, 1.54) is 19.3 Å². The molecule has 100 valence electrons. The number of anilines is 2. The number of hydrogen-bond donors (Lipinski definition) is 2. The van der Waals surface area contributed by atoms with Crippen molar-refractivity contribution in [3.63, 3.8) is 0 Å². The van der Waals surface area contributed by atoms with E-state index in [-0.39, 0.29) is 5.91 Å². The van der Waals surface area contributed by atoms with Crippen molar-refractivity contribution in [1.29, 1.82) is 0 Å². The fraction of sp³-hybridized carbons (Fsp3) is 0.571. The van der Waals surface area contributed by atoms with Gasteiger partial charge in [-0.05, 0) is 25.0 Å². The van der Waals surface area contributed by atoms with Crippen molar-refractivity contribution in [2.45, 2.75) is 52.4 Å². The third-order valence-electron chi connectivity index (χ3n) is 2.86. The second-order valence-corrected chi connectivity index (χ2v) is 4.65. The molecule has 1 rings (SSSR count). The van der Waals surface area contributed by atoms with Crippen LogP contribution in [-0.2, 0) is 4.79 Å². The number of nitrogens with one attached hydrogen (secondary N) is 1. The Hall–Kier alpha value is -1.58. The predicted molar refractivity (Wildman–Crippen MR) is 75.4 cm³/mol. The summed E-state index contributed by atoms with van der Waals surface area (Å²) in [5, 5.41) is 2.82. The van der Waals surface area contributed by atoms with Gasteiger partial charge in [-0.2, -0.15) is 0 Å². The number of nitrogen functional groups attached to an aromatic ring is 1. The maximum atomic E-state index is 11.7. The molecule has 4 heteroatoms. The minimum absolute atomic E-state index is 0.0341. The van der Waals surface area contributed by atoms with Crippen molar-refractivity contribution in [2.75, 3.05) is 11.1 Å². The van der Waals surface area contributed by atoms with Gasteiger partial charge in [0.2, 0.25) is 5.91 Å². The van der Waals surface area contributed by atoms with Gasteiger partial charge in [0.15, 0.2) is 0 Å². The summed E-state index contributed by atoms with van der Waals surface area (Å²) in [6, 6.07) is 1.81. The SMILES string of the molecule is CCCCCCCC(=O)Nc1ncc(N)cc1C. The summed E-state index contributed by atoms with van der Waals surface area (Å²) in [7, 11) is 0. The average molecular weight is 249 g/mol. The molecule has 0 aliphatic carbocycles. The van der Waals surface area contributed by atoms with E-state index in [0.717, 1.165) is 18.4 Å². The Morgan fingerprint density at radius 3 is 2.72 bits per heavy atom. The second-order valence-electron chi connectivity index (χ2n) is 4.65. The van der Waals surface area contributed by atoms with Crippen molar-refractivity contribution in [3.8, 4) is 0 Å². The second kappa shape index (κ2) is 7.69. The van der Waals surface area contributed by atoms with Crippen molar-refractivity contribution < 1.29 is 4.79 Å². The minimum Gasteiger partial charge on any atom is -0.397 e. The first-order chi connectivity index (χ1) is 8.63. The van der Waals surface area contributed by atoms with Crippen LogP contribution < -0.4 is 11.1 Å². The normalized spacial score (nSPS) is 10.3. The summed E-state index contributed by atoms with van der Waals surface area (Å²) in [6.07, 6.45) is 7.87. The van der Waals surface area contributed by atoms with E-state index in [4.69, 9.17) is 5.73 Å². The maximum Gasteiger partial charge on any atom is 0.225 e. The van der Waals surface area contributed by atoms with Crippen LogP contribution in [0.3, 0.4) is 0 Å². The highest BCUT2D eigenvalue weighted by molar-refractivity contribution is 5.90. The summed E-state index contributed by atoms with van der Waals surface area (Å²) in [6.45, 7) is 4.07. The largest absolute Gasteiger partial charge is 0.397 e. The lowest BCUT2D eigenvalue weighted by atomic mass is 10.1. The molecule has 1 aromatic heterocycles.